The maximum absolute atomic E-state index is 14.0. The molecule has 11 nitrogen and oxygen atoms in total. The van der Waals surface area contributed by atoms with Gasteiger partial charge in [0, 0.05) is 39.1 Å². The average molecular weight is 634 g/mol. The zero-order valence-electron chi connectivity index (χ0n) is 25.2. The fourth-order valence-corrected chi connectivity index (χ4v) is 6.84. The Labute approximate surface area is 254 Å². The van der Waals surface area contributed by atoms with Crippen molar-refractivity contribution in [3.63, 3.8) is 0 Å². The number of carbonyl (C=O) groups is 5. The highest BCUT2D eigenvalue weighted by Gasteiger charge is 2.70. The number of hydrogen-bond acceptors (Lipinski definition) is 7. The standard InChI is InChI=1S/C28H42F3N5O6S/c1-25(2,3)20(33-23(40)28(29,30)31)22(39)36-13-15-18(26(15,4)5)19(36)21(38)32-16(14-35-10-7-6-9-17(35)37)27(42,43)24(41)34-11-8-12-34/h15-16,18-20,42-43H,6-14H2,1-5H3,(H,32,38)(H,33,40)/t15-,16-,18-,19-,20+,27-/m0/s1. The van der Waals surface area contributed by atoms with Crippen molar-refractivity contribution in [2.75, 3.05) is 32.7 Å². The Hall–Kier alpha value is -2.55. The predicted octanol–water partition coefficient (Wildman–Crippen LogP) is 0.911. The molecule has 0 radical (unpaired) electrons. The third-order valence-corrected chi connectivity index (χ3v) is 9.99. The van der Waals surface area contributed by atoms with Crippen LogP contribution in [0.2, 0.25) is 0 Å². The van der Waals surface area contributed by atoms with Gasteiger partial charge in [0.15, 0.2) is 0 Å². The lowest BCUT2D eigenvalue weighted by Gasteiger charge is -2.42. The van der Waals surface area contributed by atoms with Crippen molar-refractivity contribution in [3.8, 4) is 0 Å². The molecule has 0 aromatic carbocycles. The fourth-order valence-electron chi connectivity index (χ4n) is 6.55. The van der Waals surface area contributed by atoms with Gasteiger partial charge in [-0.1, -0.05) is 34.6 Å². The molecule has 3 aliphatic heterocycles. The average Bonchev–Trinajstić information content (AvgIpc) is 3.18. The van der Waals surface area contributed by atoms with Gasteiger partial charge in [-0.2, -0.15) is 13.2 Å². The Morgan fingerprint density at radius 1 is 1.05 bits per heavy atom. The van der Waals surface area contributed by atoms with Crippen molar-refractivity contribution in [2.24, 2.45) is 22.7 Å². The molecule has 0 unspecified atom stereocenters. The molecule has 6 atom stereocenters. The summed E-state index contributed by atoms with van der Waals surface area (Å²) in [7, 11) is 0. The maximum Gasteiger partial charge on any atom is 0.471 e. The molecule has 0 bridgehead atoms. The summed E-state index contributed by atoms with van der Waals surface area (Å²) in [5.41, 5.74) is -1.50. The Balaban J connectivity index is 1.62. The summed E-state index contributed by atoms with van der Waals surface area (Å²) in [6.45, 7) is 9.43. The van der Waals surface area contributed by atoms with Crippen LogP contribution in [0.3, 0.4) is 0 Å². The zero-order chi connectivity index (χ0) is 32.3. The van der Waals surface area contributed by atoms with Crippen LogP contribution >= 0.6 is 12.6 Å². The first-order valence-electron chi connectivity index (χ1n) is 14.7. The quantitative estimate of drug-likeness (QED) is 0.232. The van der Waals surface area contributed by atoms with E-state index in [4.69, 9.17) is 0 Å². The second kappa shape index (κ2) is 11.4. The molecule has 3 heterocycles. The number of fused-ring (bicyclic) bond motifs is 1. The number of nitrogens with zero attached hydrogens (tertiary/aromatic N) is 3. The van der Waals surface area contributed by atoms with E-state index in [-0.39, 0.29) is 42.7 Å². The first kappa shape index (κ1) is 33.3. The minimum absolute atomic E-state index is 0.0795. The molecule has 15 heteroatoms. The topological polar surface area (TPSA) is 139 Å². The molecule has 3 N–H and O–H groups in total. The van der Waals surface area contributed by atoms with Crippen molar-refractivity contribution in [1.29, 1.82) is 0 Å². The van der Waals surface area contributed by atoms with Crippen LogP contribution < -0.4 is 10.6 Å². The largest absolute Gasteiger partial charge is 0.471 e. The molecule has 242 valence electrons. The molecule has 1 aliphatic carbocycles. The number of hydrogen-bond donors (Lipinski definition) is 4. The van der Waals surface area contributed by atoms with E-state index in [1.807, 2.05) is 19.2 Å². The summed E-state index contributed by atoms with van der Waals surface area (Å²) in [6, 6.07) is -4.09. The Kier molecular flexibility index (Phi) is 8.86. The van der Waals surface area contributed by atoms with E-state index in [0.717, 1.165) is 6.42 Å². The van der Waals surface area contributed by atoms with E-state index in [1.165, 1.54) is 35.5 Å². The van der Waals surface area contributed by atoms with Gasteiger partial charge in [0.2, 0.25) is 22.7 Å². The number of amides is 5. The Morgan fingerprint density at radius 2 is 1.67 bits per heavy atom. The number of rotatable bonds is 8. The van der Waals surface area contributed by atoms with Crippen molar-refractivity contribution in [2.45, 2.75) is 89.5 Å². The normalized spacial score (nSPS) is 27.8. The van der Waals surface area contributed by atoms with Crippen LogP contribution in [0.25, 0.3) is 0 Å². The van der Waals surface area contributed by atoms with E-state index < -0.39 is 58.3 Å². The number of aliphatic hydroxyl groups is 1. The number of likely N-dealkylation sites (tertiary alicyclic amines) is 3. The SMILES string of the molecule is CC(C)(C)[C@H](NC(=O)C(F)(F)F)C(=O)N1C[C@H]2[C@@H]([C@H]1C(=O)N[C@@H](CN1CCCCC1=O)[C@](O)(S)C(=O)N1CCC1)C2(C)C. The summed E-state index contributed by atoms with van der Waals surface area (Å²) in [6.07, 6.45) is -2.78. The zero-order valence-corrected chi connectivity index (χ0v) is 26.1. The summed E-state index contributed by atoms with van der Waals surface area (Å²) in [5, 5.41) is 15.9. The van der Waals surface area contributed by atoms with Crippen LogP contribution in [0.1, 0.15) is 60.3 Å². The first-order valence-corrected chi connectivity index (χ1v) is 15.1. The monoisotopic (exact) mass is 633 g/mol. The summed E-state index contributed by atoms with van der Waals surface area (Å²) >= 11 is 4.29. The molecule has 1 saturated carbocycles. The number of carbonyl (C=O) groups excluding carboxylic acids is 5. The van der Waals surface area contributed by atoms with Gasteiger partial charge in [0.05, 0.1) is 6.04 Å². The summed E-state index contributed by atoms with van der Waals surface area (Å²) in [4.78, 5) is 67.2. The molecule has 4 fully saturated rings. The highest BCUT2D eigenvalue weighted by atomic mass is 32.1. The predicted molar refractivity (Wildman–Crippen MR) is 151 cm³/mol. The van der Waals surface area contributed by atoms with E-state index in [9.17, 15) is 42.3 Å². The lowest BCUT2D eigenvalue weighted by molar-refractivity contribution is -0.176. The second-order valence-corrected chi connectivity index (χ2v) is 14.6. The number of thiol groups is 1. The second-order valence-electron chi connectivity index (χ2n) is 13.9. The van der Waals surface area contributed by atoms with Gasteiger partial charge in [0.25, 0.3) is 5.91 Å². The van der Waals surface area contributed by atoms with E-state index >= 15 is 0 Å². The van der Waals surface area contributed by atoms with E-state index in [0.29, 0.717) is 32.5 Å². The highest BCUT2D eigenvalue weighted by molar-refractivity contribution is 7.82. The lowest BCUT2D eigenvalue weighted by atomic mass is 9.85. The number of nitrogens with one attached hydrogen (secondary N) is 2. The van der Waals surface area contributed by atoms with Crippen molar-refractivity contribution >= 4 is 42.2 Å². The van der Waals surface area contributed by atoms with Crippen LogP contribution in [0.5, 0.6) is 0 Å². The van der Waals surface area contributed by atoms with Crippen molar-refractivity contribution < 1.29 is 42.3 Å². The van der Waals surface area contributed by atoms with Crippen LogP contribution in [0.4, 0.5) is 13.2 Å². The van der Waals surface area contributed by atoms with E-state index in [1.54, 1.807) is 0 Å². The molecule has 0 aromatic heterocycles. The van der Waals surface area contributed by atoms with Crippen LogP contribution in [0, 0.1) is 22.7 Å². The van der Waals surface area contributed by atoms with Gasteiger partial charge >= 0.3 is 12.1 Å². The van der Waals surface area contributed by atoms with Crippen molar-refractivity contribution in [1.82, 2.24) is 25.3 Å². The van der Waals surface area contributed by atoms with Gasteiger partial charge in [-0.3, -0.25) is 24.0 Å². The number of piperidine rings is 2. The lowest BCUT2D eigenvalue weighted by Crippen LogP contribution is -2.66. The Morgan fingerprint density at radius 3 is 2.19 bits per heavy atom. The molecule has 43 heavy (non-hydrogen) atoms. The minimum Gasteiger partial charge on any atom is -0.369 e. The van der Waals surface area contributed by atoms with Crippen LogP contribution in [0.15, 0.2) is 0 Å². The molecule has 5 amide bonds. The molecule has 0 aromatic rings. The first-order chi connectivity index (χ1) is 19.7. The summed E-state index contributed by atoms with van der Waals surface area (Å²) in [5.74, 6) is -5.22. The smallest absolute Gasteiger partial charge is 0.369 e. The number of halogens is 3. The number of alkyl halides is 3. The fraction of sp³-hybridized carbons (Fsp3) is 0.821. The van der Waals surface area contributed by atoms with Gasteiger partial charge in [-0.05, 0) is 41.9 Å². The van der Waals surface area contributed by atoms with Gasteiger partial charge in [-0.15, -0.1) is 12.6 Å². The Bertz CT molecular complexity index is 1170. The highest BCUT2D eigenvalue weighted by Crippen LogP contribution is 2.65. The molecule has 0 spiro atoms. The molecule has 3 saturated heterocycles. The molecule has 4 rings (SSSR count). The van der Waals surface area contributed by atoms with Crippen molar-refractivity contribution in [3.05, 3.63) is 0 Å². The molecular weight excluding hydrogens is 591 g/mol. The molecular formula is C28H42F3N5O6S. The third-order valence-electron chi connectivity index (χ3n) is 9.49. The van der Waals surface area contributed by atoms with E-state index in [2.05, 4.69) is 17.9 Å². The van der Waals surface area contributed by atoms with Gasteiger partial charge in [-0.25, -0.2) is 0 Å². The third kappa shape index (κ3) is 6.47. The minimum atomic E-state index is -5.21. The van der Waals surface area contributed by atoms with Gasteiger partial charge < -0.3 is 30.4 Å². The van der Waals surface area contributed by atoms with Crippen LogP contribution in [-0.2, 0) is 24.0 Å². The van der Waals surface area contributed by atoms with Crippen LogP contribution in [-0.4, -0.2) is 111 Å². The summed E-state index contributed by atoms with van der Waals surface area (Å²) < 4.78 is 39.5. The molecule has 4 aliphatic rings. The van der Waals surface area contributed by atoms with Gasteiger partial charge in [0.1, 0.15) is 12.1 Å². The maximum atomic E-state index is 14.0.